The molecule has 9 aromatic carbocycles. The highest BCUT2D eigenvalue weighted by molar-refractivity contribution is 5.85. The minimum absolute atomic E-state index is 0.880. The monoisotopic (exact) mass is 741 g/mol. The lowest BCUT2D eigenvalue weighted by Crippen LogP contribution is -2.09. The molecule has 0 fully saturated rings. The van der Waals surface area contributed by atoms with E-state index in [1.54, 1.807) is 0 Å². The lowest BCUT2D eigenvalue weighted by molar-refractivity contribution is 0.631. The van der Waals surface area contributed by atoms with E-state index in [0.29, 0.717) is 0 Å². The van der Waals surface area contributed by atoms with Gasteiger partial charge in [0.15, 0.2) is 0 Å². The molecule has 0 bridgehead atoms. The van der Waals surface area contributed by atoms with Gasteiger partial charge in [-0.2, -0.15) is 0 Å². The van der Waals surface area contributed by atoms with E-state index in [2.05, 4.69) is 223 Å². The summed E-state index contributed by atoms with van der Waals surface area (Å²) < 4.78 is 6.16. The van der Waals surface area contributed by atoms with Crippen LogP contribution in [0.4, 0.5) is 17.1 Å². The molecule has 0 atom stereocenters. The first kappa shape index (κ1) is 34.8. The number of furan rings is 1. The molecule has 0 radical (unpaired) electrons. The molecular weight excluding hydrogens is 703 g/mol. The predicted octanol–water partition coefficient (Wildman–Crippen LogP) is 15.9. The van der Waals surface area contributed by atoms with Crippen LogP contribution in [0.1, 0.15) is 0 Å². The van der Waals surface area contributed by atoms with E-state index in [0.717, 1.165) is 44.9 Å². The zero-order valence-corrected chi connectivity index (χ0v) is 31.9. The van der Waals surface area contributed by atoms with Gasteiger partial charge in [0, 0.05) is 28.0 Å². The van der Waals surface area contributed by atoms with Crippen LogP contribution in [0.2, 0.25) is 0 Å². The van der Waals surface area contributed by atoms with Gasteiger partial charge in [-0.25, -0.2) is 0 Å². The summed E-state index contributed by atoms with van der Waals surface area (Å²) in [6.07, 6.45) is 0. The van der Waals surface area contributed by atoms with Crippen LogP contribution in [0.3, 0.4) is 0 Å². The van der Waals surface area contributed by atoms with Crippen LogP contribution in [0.15, 0.2) is 241 Å². The van der Waals surface area contributed by atoms with Crippen LogP contribution >= 0.6 is 0 Å². The highest BCUT2D eigenvalue weighted by Gasteiger charge is 2.15. The van der Waals surface area contributed by atoms with E-state index in [1.807, 2.05) is 18.2 Å². The van der Waals surface area contributed by atoms with Crippen LogP contribution in [0, 0.1) is 0 Å². The maximum Gasteiger partial charge on any atom is 0.135 e. The Hall–Kier alpha value is -7.68. The van der Waals surface area contributed by atoms with Gasteiger partial charge in [0.2, 0.25) is 0 Å². The summed E-state index contributed by atoms with van der Waals surface area (Å²) in [6, 6.07) is 84.2. The normalized spacial score (nSPS) is 11.1. The van der Waals surface area contributed by atoms with Gasteiger partial charge in [0.1, 0.15) is 11.3 Å². The molecule has 0 aliphatic carbocycles. The Balaban J connectivity index is 0.926. The first-order valence-electron chi connectivity index (χ1n) is 19.7. The van der Waals surface area contributed by atoms with Crippen molar-refractivity contribution in [3.63, 3.8) is 0 Å². The Morgan fingerprint density at radius 3 is 1.00 bits per heavy atom. The Bertz CT molecular complexity index is 2900. The lowest BCUT2D eigenvalue weighted by Gasteiger charge is -2.26. The van der Waals surface area contributed by atoms with Crippen LogP contribution in [-0.4, -0.2) is 0 Å². The van der Waals surface area contributed by atoms with Crippen LogP contribution < -0.4 is 4.90 Å². The first-order valence-corrected chi connectivity index (χ1v) is 19.7. The molecule has 10 rings (SSSR count). The molecule has 1 heterocycles. The van der Waals surface area contributed by atoms with Crippen molar-refractivity contribution >= 4 is 28.0 Å². The first-order chi connectivity index (χ1) is 28.7. The fourth-order valence-corrected chi connectivity index (χ4v) is 7.80. The van der Waals surface area contributed by atoms with Gasteiger partial charge >= 0.3 is 0 Å². The molecule has 58 heavy (non-hydrogen) atoms. The maximum atomic E-state index is 6.16. The number of para-hydroxylation sites is 1. The number of benzene rings is 9. The molecule has 0 aliphatic heterocycles. The SMILES string of the molecule is c1ccc(-c2ccc(-c3ccc(N(c4ccc(-c5ccccc5)cc4)c4ccc(-c5ccc(-c6cccc(-c7cc8ccccc8o7)c6)cc5)cc4)cc3)cc2)cc1. The van der Waals surface area contributed by atoms with Gasteiger partial charge in [-0.15, -0.1) is 0 Å². The van der Waals surface area contributed by atoms with E-state index >= 15 is 0 Å². The van der Waals surface area contributed by atoms with Crippen molar-refractivity contribution in [3.05, 3.63) is 237 Å². The van der Waals surface area contributed by atoms with E-state index in [4.69, 9.17) is 4.42 Å². The van der Waals surface area contributed by atoms with Crippen molar-refractivity contribution in [2.45, 2.75) is 0 Å². The van der Waals surface area contributed by atoms with Crippen molar-refractivity contribution in [2.75, 3.05) is 4.90 Å². The number of fused-ring (bicyclic) bond motifs is 1. The fraction of sp³-hybridized carbons (Fsp3) is 0. The quantitative estimate of drug-likeness (QED) is 0.146. The van der Waals surface area contributed by atoms with Crippen molar-refractivity contribution in [1.29, 1.82) is 0 Å². The second-order valence-electron chi connectivity index (χ2n) is 14.6. The molecule has 10 aromatic rings. The summed E-state index contributed by atoms with van der Waals surface area (Å²) in [4.78, 5) is 2.33. The van der Waals surface area contributed by atoms with E-state index in [9.17, 15) is 0 Å². The third-order valence-electron chi connectivity index (χ3n) is 10.9. The summed E-state index contributed by atoms with van der Waals surface area (Å²) in [5.41, 5.74) is 17.1. The Labute approximate surface area is 339 Å². The zero-order valence-electron chi connectivity index (χ0n) is 31.9. The summed E-state index contributed by atoms with van der Waals surface area (Å²) in [5, 5.41) is 1.11. The molecule has 0 amide bonds. The highest BCUT2D eigenvalue weighted by Crippen LogP contribution is 2.38. The average Bonchev–Trinajstić information content (AvgIpc) is 3.76. The molecule has 274 valence electrons. The standard InChI is InChI=1S/C56H39NO/c1-3-10-40(11-4-1)42-18-20-43(21-19-42)46-28-34-53(35-29-46)57(52-32-26-45(27-33-52)41-12-5-2-6-13-41)54-36-30-47(31-37-54)44-22-24-48(25-23-44)49-15-9-16-50(38-49)56-39-51-14-7-8-17-55(51)58-56/h1-39H. The van der Waals surface area contributed by atoms with Crippen LogP contribution in [0.5, 0.6) is 0 Å². The lowest BCUT2D eigenvalue weighted by atomic mass is 9.98. The van der Waals surface area contributed by atoms with Crippen LogP contribution in [0.25, 0.3) is 77.9 Å². The fourth-order valence-electron chi connectivity index (χ4n) is 7.80. The van der Waals surface area contributed by atoms with Crippen molar-refractivity contribution in [1.82, 2.24) is 0 Å². The molecular formula is C56H39NO. The molecule has 0 spiro atoms. The number of anilines is 3. The van der Waals surface area contributed by atoms with Crippen molar-refractivity contribution < 1.29 is 4.42 Å². The number of hydrogen-bond acceptors (Lipinski definition) is 2. The molecule has 1 aromatic heterocycles. The smallest absolute Gasteiger partial charge is 0.135 e. The maximum absolute atomic E-state index is 6.16. The molecule has 0 saturated carbocycles. The van der Waals surface area contributed by atoms with Gasteiger partial charge < -0.3 is 9.32 Å². The Morgan fingerprint density at radius 2 is 0.569 bits per heavy atom. The van der Waals surface area contributed by atoms with Crippen LogP contribution in [-0.2, 0) is 0 Å². The van der Waals surface area contributed by atoms with Gasteiger partial charge in [-0.3, -0.25) is 0 Å². The molecule has 2 heteroatoms. The third-order valence-corrected chi connectivity index (χ3v) is 10.9. The summed E-state index contributed by atoms with van der Waals surface area (Å²) in [6.45, 7) is 0. The van der Waals surface area contributed by atoms with Gasteiger partial charge in [0.25, 0.3) is 0 Å². The second kappa shape index (κ2) is 15.5. The summed E-state index contributed by atoms with van der Waals surface area (Å²) >= 11 is 0. The molecule has 2 nitrogen and oxygen atoms in total. The largest absolute Gasteiger partial charge is 0.456 e. The van der Waals surface area contributed by atoms with Gasteiger partial charge in [0.05, 0.1) is 0 Å². The zero-order chi connectivity index (χ0) is 38.7. The topological polar surface area (TPSA) is 16.4 Å². The second-order valence-corrected chi connectivity index (χ2v) is 14.6. The highest BCUT2D eigenvalue weighted by atomic mass is 16.3. The average molecular weight is 742 g/mol. The number of rotatable bonds is 9. The Morgan fingerprint density at radius 1 is 0.241 bits per heavy atom. The minimum atomic E-state index is 0.880. The summed E-state index contributed by atoms with van der Waals surface area (Å²) in [5.74, 6) is 0.880. The van der Waals surface area contributed by atoms with Gasteiger partial charge in [-0.05, 0) is 110 Å². The molecule has 0 N–H and O–H groups in total. The van der Waals surface area contributed by atoms with Crippen molar-refractivity contribution in [2.24, 2.45) is 0 Å². The van der Waals surface area contributed by atoms with Gasteiger partial charge in [-0.1, -0.05) is 182 Å². The number of hydrogen-bond donors (Lipinski definition) is 0. The van der Waals surface area contributed by atoms with E-state index < -0.39 is 0 Å². The molecule has 0 aliphatic rings. The minimum Gasteiger partial charge on any atom is -0.456 e. The Kier molecular flexibility index (Phi) is 9.27. The molecule has 0 unspecified atom stereocenters. The van der Waals surface area contributed by atoms with E-state index in [-0.39, 0.29) is 0 Å². The van der Waals surface area contributed by atoms with Crippen molar-refractivity contribution in [3.8, 4) is 67.0 Å². The van der Waals surface area contributed by atoms with E-state index in [1.165, 1.54) is 50.1 Å². The third kappa shape index (κ3) is 7.11. The number of nitrogens with zero attached hydrogens (tertiary/aromatic N) is 1. The summed E-state index contributed by atoms with van der Waals surface area (Å²) in [7, 11) is 0. The predicted molar refractivity (Wildman–Crippen MR) is 244 cm³/mol. The molecule has 0 saturated heterocycles.